The van der Waals surface area contributed by atoms with Crippen LogP contribution >= 0.6 is 11.3 Å². The van der Waals surface area contributed by atoms with Crippen LogP contribution < -0.4 is 10.1 Å². The lowest BCUT2D eigenvalue weighted by atomic mass is 10.1. The van der Waals surface area contributed by atoms with Crippen molar-refractivity contribution in [2.45, 2.75) is 53.1 Å². The molecule has 0 aliphatic rings. The Hall–Kier alpha value is -1.89. The Balaban J connectivity index is 1.95. The van der Waals surface area contributed by atoms with Crippen LogP contribution in [-0.2, 0) is 13.0 Å². The molecular weight excluding hydrogens is 314 g/mol. The fourth-order valence-electron chi connectivity index (χ4n) is 2.05. The van der Waals surface area contributed by atoms with Crippen LogP contribution in [0.15, 0.2) is 10.7 Å². The number of thiazole rings is 1. The van der Waals surface area contributed by atoms with Crippen LogP contribution in [-0.4, -0.2) is 22.6 Å². The van der Waals surface area contributed by atoms with Crippen molar-refractivity contribution in [1.82, 2.24) is 15.5 Å². The minimum atomic E-state index is -0.107. The first-order valence-electron chi connectivity index (χ1n) is 7.96. The SMILES string of the molecule is CCCCc1noc(C)c1COc1ncc(C(=O)NCCC)s1. The summed E-state index contributed by atoms with van der Waals surface area (Å²) in [6.45, 7) is 7.06. The molecule has 0 radical (unpaired) electrons. The van der Waals surface area contributed by atoms with Crippen LogP contribution in [0.5, 0.6) is 5.19 Å². The second-order valence-electron chi connectivity index (χ2n) is 5.30. The molecule has 0 atom stereocenters. The summed E-state index contributed by atoms with van der Waals surface area (Å²) in [5.41, 5.74) is 1.92. The van der Waals surface area contributed by atoms with E-state index >= 15 is 0 Å². The Morgan fingerprint density at radius 3 is 2.96 bits per heavy atom. The van der Waals surface area contributed by atoms with Gasteiger partial charge in [-0.05, 0) is 26.2 Å². The topological polar surface area (TPSA) is 77.2 Å². The molecule has 0 bridgehead atoms. The van der Waals surface area contributed by atoms with Crippen LogP contribution in [0.3, 0.4) is 0 Å². The number of hydrogen-bond acceptors (Lipinski definition) is 6. The normalized spacial score (nSPS) is 10.7. The highest BCUT2D eigenvalue weighted by atomic mass is 32.1. The van der Waals surface area contributed by atoms with Crippen LogP contribution in [0.1, 0.15) is 59.8 Å². The Morgan fingerprint density at radius 1 is 1.39 bits per heavy atom. The molecule has 2 rings (SSSR count). The number of nitrogens with one attached hydrogen (secondary N) is 1. The molecule has 0 aliphatic carbocycles. The van der Waals surface area contributed by atoms with E-state index in [4.69, 9.17) is 9.26 Å². The smallest absolute Gasteiger partial charge is 0.274 e. The molecule has 0 fully saturated rings. The maximum Gasteiger partial charge on any atom is 0.274 e. The van der Waals surface area contributed by atoms with Crippen molar-refractivity contribution in [3.63, 3.8) is 0 Å². The molecule has 2 heterocycles. The van der Waals surface area contributed by atoms with Gasteiger partial charge in [-0.25, -0.2) is 4.98 Å². The second-order valence-corrected chi connectivity index (χ2v) is 6.30. The molecule has 23 heavy (non-hydrogen) atoms. The first-order valence-corrected chi connectivity index (χ1v) is 8.78. The van der Waals surface area contributed by atoms with Gasteiger partial charge < -0.3 is 14.6 Å². The number of nitrogens with zero attached hydrogens (tertiary/aromatic N) is 2. The van der Waals surface area contributed by atoms with E-state index in [2.05, 4.69) is 22.4 Å². The van der Waals surface area contributed by atoms with Crippen molar-refractivity contribution < 1.29 is 14.1 Å². The standard InChI is InChI=1S/C16H23N3O3S/c1-4-6-7-13-12(11(3)22-19-13)10-21-16-18-9-14(23-16)15(20)17-8-5-2/h9H,4-8,10H2,1-3H3,(H,17,20). The summed E-state index contributed by atoms with van der Waals surface area (Å²) in [4.78, 5) is 16.6. The predicted octanol–water partition coefficient (Wildman–Crippen LogP) is 3.50. The number of aryl methyl sites for hydroxylation is 2. The summed E-state index contributed by atoms with van der Waals surface area (Å²) in [6, 6.07) is 0. The Labute approximate surface area is 140 Å². The van der Waals surface area contributed by atoms with Gasteiger partial charge in [-0.15, -0.1) is 0 Å². The number of unbranched alkanes of at least 4 members (excludes halogenated alkanes) is 1. The molecule has 2 aromatic heterocycles. The largest absolute Gasteiger partial charge is 0.465 e. The van der Waals surface area contributed by atoms with Gasteiger partial charge >= 0.3 is 0 Å². The molecule has 2 aromatic rings. The second kappa shape index (κ2) is 8.67. The van der Waals surface area contributed by atoms with Crippen molar-refractivity contribution in [1.29, 1.82) is 0 Å². The van der Waals surface area contributed by atoms with E-state index in [1.165, 1.54) is 11.3 Å². The molecule has 1 N–H and O–H groups in total. The average molecular weight is 337 g/mol. The van der Waals surface area contributed by atoms with Crippen molar-refractivity contribution in [3.05, 3.63) is 28.1 Å². The molecule has 0 unspecified atom stereocenters. The number of amides is 1. The van der Waals surface area contributed by atoms with Crippen molar-refractivity contribution in [3.8, 4) is 5.19 Å². The predicted molar refractivity (Wildman–Crippen MR) is 88.9 cm³/mol. The zero-order valence-electron chi connectivity index (χ0n) is 13.8. The van der Waals surface area contributed by atoms with Gasteiger partial charge in [0.25, 0.3) is 11.1 Å². The lowest BCUT2D eigenvalue weighted by molar-refractivity contribution is 0.0957. The first-order chi connectivity index (χ1) is 11.2. The number of carbonyl (C=O) groups is 1. The van der Waals surface area contributed by atoms with Gasteiger partial charge in [-0.3, -0.25) is 4.79 Å². The van der Waals surface area contributed by atoms with Crippen molar-refractivity contribution in [2.75, 3.05) is 6.54 Å². The average Bonchev–Trinajstić information content (AvgIpc) is 3.15. The van der Waals surface area contributed by atoms with Crippen LogP contribution in [0.2, 0.25) is 0 Å². The van der Waals surface area contributed by atoms with Crippen molar-refractivity contribution >= 4 is 17.2 Å². The van der Waals surface area contributed by atoms with E-state index in [0.717, 1.165) is 42.7 Å². The number of aromatic nitrogens is 2. The summed E-state index contributed by atoms with van der Waals surface area (Å²) in [7, 11) is 0. The number of carbonyl (C=O) groups excluding carboxylic acids is 1. The van der Waals surface area contributed by atoms with E-state index in [9.17, 15) is 4.79 Å². The van der Waals surface area contributed by atoms with E-state index in [-0.39, 0.29) is 5.91 Å². The van der Waals surface area contributed by atoms with Crippen LogP contribution in [0.25, 0.3) is 0 Å². The molecule has 7 heteroatoms. The molecule has 0 saturated heterocycles. The summed E-state index contributed by atoms with van der Waals surface area (Å²) >= 11 is 1.25. The maximum absolute atomic E-state index is 11.9. The van der Waals surface area contributed by atoms with Gasteiger partial charge in [0.05, 0.1) is 17.5 Å². The van der Waals surface area contributed by atoms with E-state index in [1.54, 1.807) is 6.20 Å². The first kappa shape index (κ1) is 17.5. The Kier molecular flexibility index (Phi) is 6.58. The monoisotopic (exact) mass is 337 g/mol. The zero-order valence-corrected chi connectivity index (χ0v) is 14.7. The molecule has 6 nitrogen and oxygen atoms in total. The van der Waals surface area contributed by atoms with Gasteiger partial charge in [0.2, 0.25) is 0 Å². The maximum atomic E-state index is 11.9. The summed E-state index contributed by atoms with van der Waals surface area (Å²) in [5, 5.41) is 7.40. The zero-order chi connectivity index (χ0) is 16.7. The summed E-state index contributed by atoms with van der Waals surface area (Å²) in [5.74, 6) is 0.664. The third-order valence-corrected chi connectivity index (χ3v) is 4.33. The van der Waals surface area contributed by atoms with E-state index in [0.29, 0.717) is 23.2 Å². The van der Waals surface area contributed by atoms with Crippen LogP contribution in [0, 0.1) is 6.92 Å². The fraction of sp³-hybridized carbons (Fsp3) is 0.562. The van der Waals surface area contributed by atoms with Gasteiger partial charge in [0, 0.05) is 6.54 Å². The number of rotatable bonds is 9. The molecular formula is C16H23N3O3S. The molecule has 0 saturated carbocycles. The fourth-order valence-corrected chi connectivity index (χ4v) is 2.73. The quantitative estimate of drug-likeness (QED) is 0.758. The molecule has 0 aliphatic heterocycles. The third-order valence-electron chi connectivity index (χ3n) is 3.42. The van der Waals surface area contributed by atoms with Gasteiger partial charge in [0.15, 0.2) is 0 Å². The third kappa shape index (κ3) is 4.79. The lowest BCUT2D eigenvalue weighted by Crippen LogP contribution is -2.22. The Morgan fingerprint density at radius 2 is 2.22 bits per heavy atom. The van der Waals surface area contributed by atoms with Gasteiger partial charge in [-0.1, -0.05) is 36.8 Å². The number of hydrogen-bond donors (Lipinski definition) is 1. The van der Waals surface area contributed by atoms with Crippen LogP contribution in [0.4, 0.5) is 0 Å². The highest BCUT2D eigenvalue weighted by molar-refractivity contribution is 7.15. The summed E-state index contributed by atoms with van der Waals surface area (Å²) < 4.78 is 11.0. The Bertz CT molecular complexity index is 636. The summed E-state index contributed by atoms with van der Waals surface area (Å²) in [6.07, 6.45) is 5.51. The highest BCUT2D eigenvalue weighted by Gasteiger charge is 2.15. The molecule has 0 spiro atoms. The van der Waals surface area contributed by atoms with Crippen molar-refractivity contribution in [2.24, 2.45) is 0 Å². The van der Waals surface area contributed by atoms with E-state index in [1.807, 2.05) is 13.8 Å². The van der Waals surface area contributed by atoms with E-state index < -0.39 is 0 Å². The molecule has 126 valence electrons. The van der Waals surface area contributed by atoms with Gasteiger partial charge in [0.1, 0.15) is 17.2 Å². The molecule has 0 aromatic carbocycles. The number of ether oxygens (including phenoxy) is 1. The molecule has 1 amide bonds. The minimum absolute atomic E-state index is 0.107. The lowest BCUT2D eigenvalue weighted by Gasteiger charge is -2.03. The van der Waals surface area contributed by atoms with Gasteiger partial charge in [-0.2, -0.15) is 0 Å². The minimum Gasteiger partial charge on any atom is -0.465 e. The highest BCUT2D eigenvalue weighted by Crippen LogP contribution is 2.23.